The van der Waals surface area contributed by atoms with E-state index in [2.05, 4.69) is 5.32 Å². The number of carbonyl (C=O) groups excluding carboxylic acids is 2. The minimum absolute atomic E-state index is 0.0272. The molecule has 1 aliphatic rings. The van der Waals surface area contributed by atoms with E-state index in [0.29, 0.717) is 19.4 Å². The lowest BCUT2D eigenvalue weighted by atomic mass is 10.0. The summed E-state index contributed by atoms with van der Waals surface area (Å²) < 4.78 is 5.16. The van der Waals surface area contributed by atoms with E-state index in [4.69, 9.17) is 4.74 Å². The fraction of sp³-hybridized carbons (Fsp3) is 0.583. The van der Waals surface area contributed by atoms with E-state index in [0.717, 1.165) is 50.0 Å². The molecule has 2 rings (SSSR count). The van der Waals surface area contributed by atoms with Crippen LogP contribution in [0.1, 0.15) is 45.1 Å². The van der Waals surface area contributed by atoms with Crippen LogP contribution in [0.2, 0.25) is 0 Å². The van der Waals surface area contributed by atoms with Crippen molar-refractivity contribution in [2.24, 2.45) is 0 Å². The van der Waals surface area contributed by atoms with Crippen molar-refractivity contribution in [2.45, 2.75) is 58.5 Å². The van der Waals surface area contributed by atoms with E-state index < -0.39 is 0 Å². The van der Waals surface area contributed by atoms with Crippen LogP contribution in [0, 0.1) is 6.92 Å². The number of rotatable bonds is 11. The Hall–Kier alpha value is -2.18. The summed E-state index contributed by atoms with van der Waals surface area (Å²) in [6, 6.07) is 8.19. The molecule has 1 heterocycles. The first-order chi connectivity index (χ1) is 14.5. The summed E-state index contributed by atoms with van der Waals surface area (Å²) in [6.07, 6.45) is 6.25. The Bertz CT molecular complexity index is 711. The second-order valence-corrected chi connectivity index (χ2v) is 8.19. The molecule has 6 heteroatoms. The van der Waals surface area contributed by atoms with Gasteiger partial charge in [-0.25, -0.2) is 0 Å². The monoisotopic (exact) mass is 415 g/mol. The van der Waals surface area contributed by atoms with E-state index in [-0.39, 0.29) is 23.6 Å². The number of piperidine rings is 1. The van der Waals surface area contributed by atoms with Gasteiger partial charge in [0.2, 0.25) is 0 Å². The normalized spacial score (nSPS) is 17.1. The first-order valence-corrected chi connectivity index (χ1v) is 11.0. The molecular weight excluding hydrogens is 378 g/mol. The van der Waals surface area contributed by atoms with Crippen molar-refractivity contribution < 1.29 is 14.3 Å². The number of ether oxygens (including phenoxy) is 1. The van der Waals surface area contributed by atoms with E-state index in [1.54, 1.807) is 13.3 Å². The fourth-order valence-electron chi connectivity index (χ4n) is 4.01. The first kappa shape index (κ1) is 24.1. The van der Waals surface area contributed by atoms with E-state index in [1.165, 1.54) is 0 Å². The van der Waals surface area contributed by atoms with Gasteiger partial charge >= 0.3 is 0 Å². The number of methoxy groups -OCH3 is 1. The third kappa shape index (κ3) is 6.67. The fourth-order valence-corrected chi connectivity index (χ4v) is 4.01. The van der Waals surface area contributed by atoms with Gasteiger partial charge in [0, 0.05) is 50.8 Å². The van der Waals surface area contributed by atoms with Crippen molar-refractivity contribution in [3.63, 3.8) is 0 Å². The average molecular weight is 416 g/mol. The molecule has 1 aliphatic heterocycles. The number of unbranched alkanes of at least 4 members (excludes halogenated alkanes) is 1. The molecule has 0 aromatic heterocycles. The van der Waals surface area contributed by atoms with Crippen molar-refractivity contribution in [3.05, 3.63) is 41.6 Å². The summed E-state index contributed by atoms with van der Waals surface area (Å²) in [7, 11) is 1.70. The summed E-state index contributed by atoms with van der Waals surface area (Å²) in [5.74, 6) is -0.191. The lowest BCUT2D eigenvalue weighted by Crippen LogP contribution is -2.52. The molecule has 166 valence electrons. The number of aryl methyl sites for hydroxylation is 1. The minimum atomic E-state index is -0.191. The van der Waals surface area contributed by atoms with Gasteiger partial charge in [0.1, 0.15) is 0 Å². The zero-order valence-corrected chi connectivity index (χ0v) is 18.9. The highest BCUT2D eigenvalue weighted by Gasteiger charge is 2.29. The Balaban J connectivity index is 2.30. The summed E-state index contributed by atoms with van der Waals surface area (Å²) in [5.41, 5.74) is 2.32. The Morgan fingerprint density at radius 3 is 2.67 bits per heavy atom. The second-order valence-electron chi connectivity index (χ2n) is 8.19. The van der Waals surface area contributed by atoms with Gasteiger partial charge in [0.05, 0.1) is 5.57 Å². The minimum Gasteiger partial charge on any atom is -0.385 e. The number of carbonyl (C=O) groups is 2. The van der Waals surface area contributed by atoms with Crippen molar-refractivity contribution in [1.29, 1.82) is 0 Å². The maximum absolute atomic E-state index is 13.4. The molecule has 0 unspecified atom stereocenters. The number of anilines is 1. The van der Waals surface area contributed by atoms with Gasteiger partial charge in [-0.05, 0) is 64.6 Å². The number of para-hydroxylation sites is 1. The standard InChI is InChI=1S/C24H37N3O3/c1-19(2)27(22-11-9-13-25-16-22)24(29)21(18-28)17-26(14-7-8-15-30-4)23-12-6-5-10-20(23)3/h5-6,10,12,17-19,22,25H,7-9,11,13-16H2,1-4H3/b21-17+/t22-/m1/s1. The van der Waals surface area contributed by atoms with Gasteiger partial charge in [-0.15, -0.1) is 0 Å². The lowest BCUT2D eigenvalue weighted by molar-refractivity contribution is -0.132. The Morgan fingerprint density at radius 2 is 2.07 bits per heavy atom. The highest BCUT2D eigenvalue weighted by molar-refractivity contribution is 6.11. The van der Waals surface area contributed by atoms with Crippen LogP contribution >= 0.6 is 0 Å². The Morgan fingerprint density at radius 1 is 1.30 bits per heavy atom. The van der Waals surface area contributed by atoms with E-state index in [1.807, 2.05) is 54.8 Å². The zero-order chi connectivity index (χ0) is 21.9. The van der Waals surface area contributed by atoms with Gasteiger partial charge < -0.3 is 19.9 Å². The second kappa shape index (κ2) is 12.5. The summed E-state index contributed by atoms with van der Waals surface area (Å²) in [4.78, 5) is 29.3. The molecule has 1 amide bonds. The third-order valence-corrected chi connectivity index (χ3v) is 5.55. The van der Waals surface area contributed by atoms with Crippen molar-refractivity contribution in [2.75, 3.05) is 38.3 Å². The molecule has 6 nitrogen and oxygen atoms in total. The van der Waals surface area contributed by atoms with Gasteiger partial charge in [-0.3, -0.25) is 9.59 Å². The predicted octanol–water partition coefficient (Wildman–Crippen LogP) is 3.30. The molecular formula is C24H37N3O3. The van der Waals surface area contributed by atoms with Crippen LogP contribution in [-0.4, -0.2) is 62.5 Å². The maximum atomic E-state index is 13.4. The van der Waals surface area contributed by atoms with Crippen LogP contribution in [0.25, 0.3) is 0 Å². The molecule has 1 N–H and O–H groups in total. The van der Waals surface area contributed by atoms with Crippen molar-refractivity contribution in [3.8, 4) is 0 Å². The van der Waals surface area contributed by atoms with Crippen LogP contribution in [0.3, 0.4) is 0 Å². The van der Waals surface area contributed by atoms with E-state index in [9.17, 15) is 9.59 Å². The Kier molecular flexibility index (Phi) is 10.0. The number of hydrogen-bond donors (Lipinski definition) is 1. The number of nitrogens with zero attached hydrogens (tertiary/aromatic N) is 2. The molecule has 0 aliphatic carbocycles. The highest BCUT2D eigenvalue weighted by Crippen LogP contribution is 2.23. The quantitative estimate of drug-likeness (QED) is 0.198. The van der Waals surface area contributed by atoms with Gasteiger partial charge in [-0.2, -0.15) is 0 Å². The summed E-state index contributed by atoms with van der Waals surface area (Å²) in [5, 5.41) is 3.37. The highest BCUT2D eigenvalue weighted by atomic mass is 16.5. The third-order valence-electron chi connectivity index (χ3n) is 5.55. The number of benzene rings is 1. The number of amides is 1. The largest absolute Gasteiger partial charge is 0.385 e. The number of nitrogens with one attached hydrogen (secondary N) is 1. The Labute approximate surface area is 181 Å². The van der Waals surface area contributed by atoms with Gasteiger partial charge in [0.25, 0.3) is 5.91 Å². The van der Waals surface area contributed by atoms with Crippen molar-refractivity contribution in [1.82, 2.24) is 10.2 Å². The van der Waals surface area contributed by atoms with Crippen LogP contribution in [-0.2, 0) is 14.3 Å². The zero-order valence-electron chi connectivity index (χ0n) is 18.9. The van der Waals surface area contributed by atoms with Crippen LogP contribution in [0.4, 0.5) is 5.69 Å². The van der Waals surface area contributed by atoms with Gasteiger partial charge in [-0.1, -0.05) is 18.2 Å². The number of hydrogen-bond acceptors (Lipinski definition) is 5. The lowest BCUT2D eigenvalue weighted by Gasteiger charge is -2.38. The first-order valence-electron chi connectivity index (χ1n) is 11.0. The molecule has 1 saturated heterocycles. The topological polar surface area (TPSA) is 61.9 Å². The molecule has 0 bridgehead atoms. The smallest absolute Gasteiger partial charge is 0.259 e. The van der Waals surface area contributed by atoms with Crippen LogP contribution in [0.15, 0.2) is 36.0 Å². The SMILES string of the molecule is COCCCCN(/C=C(\C=O)C(=O)N(C(C)C)[C@@H]1CCCNC1)c1ccccc1C. The van der Waals surface area contributed by atoms with E-state index >= 15 is 0 Å². The van der Waals surface area contributed by atoms with Gasteiger partial charge in [0.15, 0.2) is 6.29 Å². The average Bonchev–Trinajstić information content (AvgIpc) is 2.74. The van der Waals surface area contributed by atoms with Crippen LogP contribution in [0.5, 0.6) is 0 Å². The summed E-state index contributed by atoms with van der Waals surface area (Å²) >= 11 is 0. The molecule has 1 aromatic rings. The van der Waals surface area contributed by atoms with Crippen molar-refractivity contribution >= 4 is 17.9 Å². The number of aldehydes is 1. The molecule has 0 saturated carbocycles. The molecule has 1 atom stereocenters. The maximum Gasteiger partial charge on any atom is 0.259 e. The molecule has 1 aromatic carbocycles. The molecule has 1 fully saturated rings. The summed E-state index contributed by atoms with van der Waals surface area (Å²) in [6.45, 7) is 9.23. The molecule has 0 radical (unpaired) electrons. The predicted molar refractivity (Wildman–Crippen MR) is 122 cm³/mol. The molecule has 0 spiro atoms. The molecule has 30 heavy (non-hydrogen) atoms. The van der Waals surface area contributed by atoms with Crippen LogP contribution < -0.4 is 10.2 Å².